The highest BCUT2D eigenvalue weighted by molar-refractivity contribution is 4.99. The predicted molar refractivity (Wildman–Crippen MR) is 42.6 cm³/mol. The van der Waals surface area contributed by atoms with Crippen LogP contribution in [-0.2, 0) is 0 Å². The molecule has 6 nitrogen and oxygen atoms in total. The van der Waals surface area contributed by atoms with E-state index in [1.54, 1.807) is 0 Å². The van der Waals surface area contributed by atoms with E-state index in [1.807, 2.05) is 0 Å². The molecule has 1 saturated carbocycles. The molecule has 6 atom stereocenters. The Morgan fingerprint density at radius 2 is 1.38 bits per heavy atom. The van der Waals surface area contributed by atoms with E-state index in [9.17, 15) is 20.4 Å². The Morgan fingerprint density at radius 3 is 1.85 bits per heavy atom. The zero-order valence-electron chi connectivity index (χ0n) is 6.98. The smallest absolute Gasteiger partial charge is 0.108 e. The van der Waals surface area contributed by atoms with Crippen LogP contribution in [-0.4, -0.2) is 62.6 Å². The minimum absolute atomic E-state index is 0.486. The summed E-state index contributed by atoms with van der Waals surface area (Å²) in [5.74, 6) is -0.909. The molecule has 0 aromatic carbocycles. The van der Waals surface area contributed by atoms with Crippen molar-refractivity contribution in [3.8, 4) is 0 Å². The SMILES string of the molecule is N[C@@H]1[C@@H](O)[C@H](CO)[C@@H](O)[C@H](O)[C@H]1O. The third kappa shape index (κ3) is 1.69. The van der Waals surface area contributed by atoms with Crippen LogP contribution in [0.3, 0.4) is 0 Å². The lowest BCUT2D eigenvalue weighted by molar-refractivity contribution is -0.167. The minimum Gasteiger partial charge on any atom is -0.396 e. The molecule has 0 radical (unpaired) electrons. The van der Waals surface area contributed by atoms with Gasteiger partial charge in [-0.25, -0.2) is 0 Å². The van der Waals surface area contributed by atoms with Crippen LogP contribution in [0.25, 0.3) is 0 Å². The lowest BCUT2D eigenvalue weighted by Gasteiger charge is -2.41. The molecule has 0 spiro atoms. The molecular formula is C7H15NO5. The summed E-state index contributed by atoms with van der Waals surface area (Å²) >= 11 is 0. The fourth-order valence-electron chi connectivity index (χ4n) is 1.59. The van der Waals surface area contributed by atoms with Gasteiger partial charge in [0.25, 0.3) is 0 Å². The second kappa shape index (κ2) is 3.87. The highest BCUT2D eigenvalue weighted by Gasteiger charge is 2.46. The Kier molecular flexibility index (Phi) is 3.23. The van der Waals surface area contributed by atoms with Gasteiger partial charge in [-0.1, -0.05) is 0 Å². The summed E-state index contributed by atoms with van der Waals surface area (Å²) < 4.78 is 0. The van der Waals surface area contributed by atoms with Gasteiger partial charge in [0.1, 0.15) is 12.2 Å². The van der Waals surface area contributed by atoms with Crippen LogP contribution in [0.4, 0.5) is 0 Å². The first-order valence-corrected chi connectivity index (χ1v) is 4.09. The van der Waals surface area contributed by atoms with Gasteiger partial charge in [0.2, 0.25) is 0 Å². The summed E-state index contributed by atoms with van der Waals surface area (Å²) in [6.07, 6.45) is -5.35. The molecule has 0 amide bonds. The minimum atomic E-state index is -1.42. The first-order valence-electron chi connectivity index (χ1n) is 4.09. The van der Waals surface area contributed by atoms with Crippen LogP contribution in [0, 0.1) is 5.92 Å². The maximum Gasteiger partial charge on any atom is 0.108 e. The van der Waals surface area contributed by atoms with Crippen LogP contribution in [0.5, 0.6) is 0 Å². The fraction of sp³-hybridized carbons (Fsp3) is 1.00. The van der Waals surface area contributed by atoms with E-state index in [1.165, 1.54) is 0 Å². The van der Waals surface area contributed by atoms with Crippen molar-refractivity contribution >= 4 is 0 Å². The normalized spacial score (nSPS) is 52.2. The maximum atomic E-state index is 9.38. The summed E-state index contributed by atoms with van der Waals surface area (Å²) in [6, 6.07) is -1.05. The van der Waals surface area contributed by atoms with Crippen molar-refractivity contribution in [2.75, 3.05) is 6.61 Å². The van der Waals surface area contributed by atoms with E-state index in [0.717, 1.165) is 0 Å². The lowest BCUT2D eigenvalue weighted by Crippen LogP contribution is -2.64. The molecule has 1 fully saturated rings. The second-order valence-electron chi connectivity index (χ2n) is 3.39. The summed E-state index contributed by atoms with van der Waals surface area (Å²) in [4.78, 5) is 0. The van der Waals surface area contributed by atoms with Gasteiger partial charge in [-0.15, -0.1) is 0 Å². The summed E-state index contributed by atoms with van der Waals surface area (Å²) in [6.45, 7) is -0.486. The molecule has 7 N–H and O–H groups in total. The van der Waals surface area contributed by atoms with E-state index in [-0.39, 0.29) is 0 Å². The quantitative estimate of drug-likeness (QED) is 0.255. The van der Waals surface area contributed by atoms with Gasteiger partial charge < -0.3 is 31.3 Å². The van der Waals surface area contributed by atoms with Gasteiger partial charge in [0, 0.05) is 5.92 Å². The van der Waals surface area contributed by atoms with Crippen molar-refractivity contribution in [3.05, 3.63) is 0 Å². The van der Waals surface area contributed by atoms with Crippen LogP contribution < -0.4 is 5.73 Å². The Bertz CT molecular complexity index is 162. The highest BCUT2D eigenvalue weighted by Crippen LogP contribution is 2.24. The molecule has 1 aliphatic rings. The predicted octanol–water partition coefficient (Wildman–Crippen LogP) is -3.62. The van der Waals surface area contributed by atoms with Crippen LogP contribution in [0.15, 0.2) is 0 Å². The summed E-state index contributed by atoms with van der Waals surface area (Å²) in [5, 5.41) is 45.9. The van der Waals surface area contributed by atoms with Crippen molar-refractivity contribution < 1.29 is 25.5 Å². The molecule has 0 unspecified atom stereocenters. The monoisotopic (exact) mass is 193 g/mol. The number of aliphatic hydroxyl groups is 5. The Labute approximate surface area is 75.2 Å². The largest absolute Gasteiger partial charge is 0.396 e. The molecule has 0 saturated heterocycles. The molecule has 0 aromatic rings. The summed E-state index contributed by atoms with van der Waals surface area (Å²) in [5.41, 5.74) is 5.36. The number of nitrogens with two attached hydrogens (primary N) is 1. The van der Waals surface area contributed by atoms with Gasteiger partial charge in [-0.05, 0) is 0 Å². The van der Waals surface area contributed by atoms with Crippen molar-refractivity contribution in [1.29, 1.82) is 0 Å². The van der Waals surface area contributed by atoms with Gasteiger partial charge in [-0.2, -0.15) is 0 Å². The van der Waals surface area contributed by atoms with Gasteiger partial charge in [0.15, 0.2) is 0 Å². The molecular weight excluding hydrogens is 178 g/mol. The summed E-state index contributed by atoms with van der Waals surface area (Å²) in [7, 11) is 0. The molecule has 13 heavy (non-hydrogen) atoms. The first-order chi connectivity index (χ1) is 6.00. The van der Waals surface area contributed by atoms with Crippen LogP contribution in [0.2, 0.25) is 0 Å². The molecule has 1 aliphatic carbocycles. The Hall–Kier alpha value is -0.240. The van der Waals surface area contributed by atoms with E-state index >= 15 is 0 Å². The van der Waals surface area contributed by atoms with Gasteiger partial charge in [0.05, 0.1) is 24.9 Å². The zero-order valence-corrected chi connectivity index (χ0v) is 6.98. The number of hydrogen-bond donors (Lipinski definition) is 6. The molecule has 78 valence electrons. The van der Waals surface area contributed by atoms with Crippen molar-refractivity contribution in [3.63, 3.8) is 0 Å². The van der Waals surface area contributed by atoms with E-state index < -0.39 is 43.0 Å². The molecule has 0 aromatic heterocycles. The Morgan fingerprint density at radius 1 is 0.846 bits per heavy atom. The standard InChI is InChI=1S/C7H15NO5/c8-3-4(10)2(1-9)5(11)7(13)6(3)12/h2-7,9-13H,1,8H2/t2-,3+,4-,5+,6-,7-/m0/s1. The first kappa shape index (κ1) is 10.8. The average Bonchev–Trinajstić information content (AvgIpc) is 2.13. The van der Waals surface area contributed by atoms with E-state index in [0.29, 0.717) is 0 Å². The lowest BCUT2D eigenvalue weighted by atomic mass is 9.78. The number of rotatable bonds is 1. The molecule has 6 heteroatoms. The van der Waals surface area contributed by atoms with E-state index in [2.05, 4.69) is 0 Å². The molecule has 0 bridgehead atoms. The number of hydrogen-bond acceptors (Lipinski definition) is 6. The van der Waals surface area contributed by atoms with Crippen molar-refractivity contribution in [1.82, 2.24) is 0 Å². The molecule has 0 heterocycles. The van der Waals surface area contributed by atoms with Crippen molar-refractivity contribution in [2.24, 2.45) is 11.7 Å². The van der Waals surface area contributed by atoms with Crippen LogP contribution >= 0.6 is 0 Å². The van der Waals surface area contributed by atoms with Gasteiger partial charge >= 0.3 is 0 Å². The zero-order chi connectivity index (χ0) is 10.2. The fourth-order valence-corrected chi connectivity index (χ4v) is 1.59. The topological polar surface area (TPSA) is 127 Å². The van der Waals surface area contributed by atoms with Crippen molar-refractivity contribution in [2.45, 2.75) is 30.5 Å². The molecule has 0 aliphatic heterocycles. The molecule has 1 rings (SSSR count). The third-order valence-electron chi connectivity index (χ3n) is 2.58. The van der Waals surface area contributed by atoms with Crippen LogP contribution in [0.1, 0.15) is 0 Å². The van der Waals surface area contributed by atoms with E-state index in [4.69, 9.17) is 10.8 Å². The second-order valence-corrected chi connectivity index (χ2v) is 3.39. The average molecular weight is 193 g/mol. The Balaban J connectivity index is 2.79. The number of aliphatic hydroxyl groups excluding tert-OH is 5. The highest BCUT2D eigenvalue weighted by atomic mass is 16.4. The maximum absolute atomic E-state index is 9.38. The van der Waals surface area contributed by atoms with Gasteiger partial charge in [-0.3, -0.25) is 0 Å². The third-order valence-corrected chi connectivity index (χ3v) is 2.58.